The molecule has 7 nitrogen and oxygen atoms in total. The van der Waals surface area contributed by atoms with E-state index >= 15 is 0 Å². The van der Waals surface area contributed by atoms with E-state index in [0.717, 1.165) is 22.6 Å². The van der Waals surface area contributed by atoms with Gasteiger partial charge < -0.3 is 19.0 Å². The van der Waals surface area contributed by atoms with Gasteiger partial charge in [0.25, 0.3) is 5.56 Å². The molecule has 1 aromatic carbocycles. The fourth-order valence-corrected chi connectivity index (χ4v) is 2.96. The van der Waals surface area contributed by atoms with Crippen molar-refractivity contribution < 1.29 is 9.47 Å². The number of nitrogens with zero attached hydrogens (tertiary/aromatic N) is 3. The normalized spacial score (nSPS) is 11.0. The van der Waals surface area contributed by atoms with Crippen LogP contribution in [0.1, 0.15) is 0 Å². The maximum atomic E-state index is 12.5. The molecule has 0 atom stereocenters. The lowest BCUT2D eigenvalue weighted by atomic mass is 10.1. The van der Waals surface area contributed by atoms with Crippen molar-refractivity contribution in [2.75, 3.05) is 20.3 Å². The standard InChI is InChI=1S/C20H18N4O3/c1-26-10-11-27-16-4-2-14(3-5-16)17-12-24(15-6-8-21-9-7-15)19-18(17)20(25)23-13-22-19/h2-9,12-13H,10-11H2,1H3,(H,22,23,25). The molecule has 0 bridgehead atoms. The number of benzene rings is 1. The Morgan fingerprint density at radius 1 is 1.07 bits per heavy atom. The van der Waals surface area contributed by atoms with Gasteiger partial charge in [-0.3, -0.25) is 9.78 Å². The van der Waals surface area contributed by atoms with E-state index in [1.165, 1.54) is 6.33 Å². The number of hydrogen-bond donors (Lipinski definition) is 1. The molecule has 0 saturated heterocycles. The van der Waals surface area contributed by atoms with E-state index in [2.05, 4.69) is 15.0 Å². The molecular weight excluding hydrogens is 344 g/mol. The largest absolute Gasteiger partial charge is 0.491 e. The average Bonchev–Trinajstić information content (AvgIpc) is 3.10. The molecule has 0 unspecified atom stereocenters. The van der Waals surface area contributed by atoms with Gasteiger partial charge in [0.1, 0.15) is 12.4 Å². The van der Waals surface area contributed by atoms with Crippen molar-refractivity contribution >= 4 is 11.0 Å². The predicted octanol–water partition coefficient (Wildman–Crippen LogP) is 2.80. The first-order valence-electron chi connectivity index (χ1n) is 8.49. The van der Waals surface area contributed by atoms with Crippen LogP contribution in [-0.2, 0) is 4.74 Å². The van der Waals surface area contributed by atoms with Crippen molar-refractivity contribution in [1.29, 1.82) is 0 Å². The van der Waals surface area contributed by atoms with E-state index in [1.807, 2.05) is 47.2 Å². The fourth-order valence-electron chi connectivity index (χ4n) is 2.96. The van der Waals surface area contributed by atoms with Crippen LogP contribution in [0.15, 0.2) is 66.1 Å². The first-order valence-corrected chi connectivity index (χ1v) is 8.49. The number of fused-ring (bicyclic) bond motifs is 1. The number of ether oxygens (including phenoxy) is 2. The lowest BCUT2D eigenvalue weighted by molar-refractivity contribution is 0.146. The molecular formula is C20H18N4O3. The van der Waals surface area contributed by atoms with Gasteiger partial charge in [0.2, 0.25) is 0 Å². The Morgan fingerprint density at radius 3 is 2.59 bits per heavy atom. The highest BCUT2D eigenvalue weighted by Gasteiger charge is 2.15. The molecule has 3 heterocycles. The van der Waals surface area contributed by atoms with Crippen LogP contribution in [0.25, 0.3) is 27.8 Å². The summed E-state index contributed by atoms with van der Waals surface area (Å²) in [4.78, 5) is 23.6. The Labute approximate surface area is 155 Å². The van der Waals surface area contributed by atoms with Crippen LogP contribution in [0.3, 0.4) is 0 Å². The SMILES string of the molecule is COCCOc1ccc(-c2cn(-c3ccncc3)c3nc[nH]c(=O)c23)cc1. The zero-order valence-electron chi connectivity index (χ0n) is 14.8. The van der Waals surface area contributed by atoms with Crippen molar-refractivity contribution in [3.63, 3.8) is 0 Å². The summed E-state index contributed by atoms with van der Waals surface area (Å²) in [5.74, 6) is 0.751. The first-order chi connectivity index (χ1) is 13.3. The van der Waals surface area contributed by atoms with Crippen LogP contribution in [0.5, 0.6) is 5.75 Å². The third kappa shape index (κ3) is 3.32. The second kappa shape index (κ2) is 7.43. The van der Waals surface area contributed by atoms with E-state index in [1.54, 1.807) is 19.5 Å². The van der Waals surface area contributed by atoms with Gasteiger partial charge in [0.05, 0.1) is 24.0 Å². The highest BCUT2D eigenvalue weighted by molar-refractivity contribution is 5.94. The molecule has 0 saturated carbocycles. The first kappa shape index (κ1) is 17.0. The summed E-state index contributed by atoms with van der Waals surface area (Å²) in [6.07, 6.45) is 6.75. The smallest absolute Gasteiger partial charge is 0.260 e. The van der Waals surface area contributed by atoms with Gasteiger partial charge in [-0.1, -0.05) is 12.1 Å². The Hall–Kier alpha value is -3.45. The van der Waals surface area contributed by atoms with Gasteiger partial charge in [-0.25, -0.2) is 4.98 Å². The quantitative estimate of drug-likeness (QED) is 0.533. The van der Waals surface area contributed by atoms with Gasteiger partial charge in [-0.2, -0.15) is 0 Å². The minimum absolute atomic E-state index is 0.178. The van der Waals surface area contributed by atoms with Gasteiger partial charge >= 0.3 is 0 Å². The molecule has 27 heavy (non-hydrogen) atoms. The van der Waals surface area contributed by atoms with Crippen molar-refractivity contribution in [2.45, 2.75) is 0 Å². The number of rotatable bonds is 6. The molecule has 0 amide bonds. The van der Waals surface area contributed by atoms with E-state index in [4.69, 9.17) is 9.47 Å². The highest BCUT2D eigenvalue weighted by atomic mass is 16.5. The van der Waals surface area contributed by atoms with Crippen molar-refractivity contribution in [2.24, 2.45) is 0 Å². The zero-order chi connectivity index (χ0) is 18.6. The number of methoxy groups -OCH3 is 1. The average molecular weight is 362 g/mol. The molecule has 4 aromatic rings. The lowest BCUT2D eigenvalue weighted by Gasteiger charge is -2.06. The van der Waals surface area contributed by atoms with Crippen LogP contribution in [0.2, 0.25) is 0 Å². The molecule has 7 heteroatoms. The minimum Gasteiger partial charge on any atom is -0.491 e. The summed E-state index contributed by atoms with van der Waals surface area (Å²) in [5, 5.41) is 0.544. The van der Waals surface area contributed by atoms with Gasteiger partial charge in [0.15, 0.2) is 5.65 Å². The maximum absolute atomic E-state index is 12.5. The molecule has 0 radical (unpaired) electrons. The summed E-state index contributed by atoms with van der Waals surface area (Å²) in [6.45, 7) is 1.02. The molecule has 1 N–H and O–H groups in total. The molecule has 0 aliphatic rings. The van der Waals surface area contributed by atoms with Crippen LogP contribution < -0.4 is 10.3 Å². The number of hydrogen-bond acceptors (Lipinski definition) is 5. The Kier molecular flexibility index (Phi) is 4.67. The summed E-state index contributed by atoms with van der Waals surface area (Å²) in [5.41, 5.74) is 3.02. The minimum atomic E-state index is -0.178. The highest BCUT2D eigenvalue weighted by Crippen LogP contribution is 2.30. The van der Waals surface area contributed by atoms with E-state index in [9.17, 15) is 4.79 Å². The van der Waals surface area contributed by atoms with Crippen LogP contribution in [0.4, 0.5) is 0 Å². The lowest BCUT2D eigenvalue weighted by Crippen LogP contribution is -2.07. The number of H-pyrrole nitrogens is 1. The Balaban J connectivity index is 1.79. The van der Waals surface area contributed by atoms with Crippen molar-refractivity contribution in [3.05, 3.63) is 71.7 Å². The second-order valence-corrected chi connectivity index (χ2v) is 5.91. The van der Waals surface area contributed by atoms with Gasteiger partial charge in [0, 0.05) is 31.3 Å². The Bertz CT molecular complexity index is 1100. The van der Waals surface area contributed by atoms with Crippen LogP contribution in [0, 0.1) is 0 Å². The van der Waals surface area contributed by atoms with Crippen LogP contribution in [-0.4, -0.2) is 39.8 Å². The predicted molar refractivity (Wildman–Crippen MR) is 102 cm³/mol. The fraction of sp³-hybridized carbons (Fsp3) is 0.150. The Morgan fingerprint density at radius 2 is 1.85 bits per heavy atom. The van der Waals surface area contributed by atoms with Gasteiger partial charge in [-0.05, 0) is 29.8 Å². The summed E-state index contributed by atoms with van der Waals surface area (Å²) in [7, 11) is 1.64. The van der Waals surface area contributed by atoms with Crippen molar-refractivity contribution in [1.82, 2.24) is 19.5 Å². The van der Waals surface area contributed by atoms with E-state index in [-0.39, 0.29) is 5.56 Å². The molecule has 0 fully saturated rings. The monoisotopic (exact) mass is 362 g/mol. The van der Waals surface area contributed by atoms with Crippen molar-refractivity contribution in [3.8, 4) is 22.6 Å². The van der Waals surface area contributed by atoms with Gasteiger partial charge in [-0.15, -0.1) is 0 Å². The summed E-state index contributed by atoms with van der Waals surface area (Å²) in [6, 6.07) is 11.4. The van der Waals surface area contributed by atoms with E-state index < -0.39 is 0 Å². The second-order valence-electron chi connectivity index (χ2n) is 5.91. The molecule has 136 valence electrons. The maximum Gasteiger partial charge on any atom is 0.260 e. The number of pyridine rings is 1. The number of aromatic nitrogens is 4. The zero-order valence-corrected chi connectivity index (χ0v) is 14.8. The number of aromatic amines is 1. The summed E-state index contributed by atoms with van der Waals surface area (Å²) < 4.78 is 12.5. The molecule has 3 aromatic heterocycles. The number of nitrogens with one attached hydrogen (secondary N) is 1. The summed E-state index contributed by atoms with van der Waals surface area (Å²) >= 11 is 0. The molecule has 0 aliphatic heterocycles. The topological polar surface area (TPSA) is 82.0 Å². The third-order valence-electron chi connectivity index (χ3n) is 4.25. The third-order valence-corrected chi connectivity index (χ3v) is 4.25. The molecule has 0 aliphatic carbocycles. The van der Waals surface area contributed by atoms with E-state index in [0.29, 0.717) is 24.2 Å². The molecule has 0 spiro atoms. The van der Waals surface area contributed by atoms with Crippen LogP contribution >= 0.6 is 0 Å². The molecule has 4 rings (SSSR count).